The molecule has 6 heteroatoms. The number of hydrogen-bond acceptors (Lipinski definition) is 4. The van der Waals surface area contributed by atoms with E-state index in [4.69, 9.17) is 14.7 Å². The number of Topliss-reactive ketones (excluding diaryl/α,β-unsaturated/α-hetero) is 1. The summed E-state index contributed by atoms with van der Waals surface area (Å²) in [6.45, 7) is -0.834. The first-order valence-corrected chi connectivity index (χ1v) is 4.43. The molecule has 0 amide bonds. The molecule has 0 spiro atoms. The topological polar surface area (TPSA) is 77.8 Å². The van der Waals surface area contributed by atoms with Gasteiger partial charge in [-0.05, 0) is 0 Å². The van der Waals surface area contributed by atoms with Crippen molar-refractivity contribution < 1.29 is 23.9 Å². The normalized spacial score (nSPS) is 11.6. The number of carbonyl (C=O) groups excluding carboxylic acids is 1. The third-order valence-electron chi connectivity index (χ3n) is 0.762. The maximum atomic E-state index is 11.4. The highest BCUT2D eigenvalue weighted by molar-refractivity contribution is 7.59. The molecule has 0 saturated heterocycles. The van der Waals surface area contributed by atoms with Gasteiger partial charge in [0.2, 0.25) is 0 Å². The number of halogens is 1. The van der Waals surface area contributed by atoms with E-state index in [0.717, 1.165) is 0 Å². The van der Waals surface area contributed by atoms with Crippen LogP contribution in [-0.2, 0) is 4.79 Å². The first kappa shape index (κ1) is 9.91. The first-order chi connectivity index (χ1) is 4.45. The van der Waals surface area contributed by atoms with Crippen LogP contribution in [0.15, 0.2) is 0 Å². The fraction of sp³-hybridized carbons (Fsp3) is 0.750. The molecule has 0 atom stereocenters. The molecule has 0 saturated carbocycles. The minimum absolute atomic E-state index is 0.372. The summed E-state index contributed by atoms with van der Waals surface area (Å²) in [6.07, 6.45) is -1.11. The van der Waals surface area contributed by atoms with Gasteiger partial charge in [-0.2, -0.15) is 14.7 Å². The van der Waals surface area contributed by atoms with Crippen LogP contribution in [0.3, 0.4) is 0 Å². The molecule has 4 nitrogen and oxygen atoms in total. The van der Waals surface area contributed by atoms with Gasteiger partial charge >= 0.3 is 7.94 Å². The molecule has 0 aliphatic heterocycles. The average molecular weight is 171 g/mol. The second-order valence-electron chi connectivity index (χ2n) is 1.83. The van der Waals surface area contributed by atoms with Crippen molar-refractivity contribution in [3.05, 3.63) is 0 Å². The zero-order valence-corrected chi connectivity index (χ0v) is 6.09. The third-order valence-corrected chi connectivity index (χ3v) is 1.54. The molecule has 0 fully saturated rings. The molecule has 0 rings (SSSR count). The zero-order valence-electron chi connectivity index (χ0n) is 5.20. The zero-order chi connectivity index (χ0) is 8.20. The minimum atomic E-state index is -4.02. The Morgan fingerprint density at radius 1 is 1.40 bits per heavy atom. The van der Waals surface area contributed by atoms with Crippen molar-refractivity contribution in [1.82, 2.24) is 0 Å². The molecule has 60 valence electrons. The molecule has 0 heterocycles. The van der Waals surface area contributed by atoms with Crippen molar-refractivity contribution in [3.63, 3.8) is 0 Å². The number of rotatable bonds is 4. The Bertz CT molecular complexity index is 121. The number of hydrogen-bond donors (Lipinski definition) is 3. The van der Waals surface area contributed by atoms with Gasteiger partial charge < -0.3 is 0 Å². The van der Waals surface area contributed by atoms with E-state index < -0.39 is 26.6 Å². The lowest BCUT2D eigenvalue weighted by molar-refractivity contribution is -0.117. The van der Waals surface area contributed by atoms with Crippen LogP contribution in [0.1, 0.15) is 6.42 Å². The molecule has 0 bridgehead atoms. The molecule has 0 aromatic heterocycles. The van der Waals surface area contributed by atoms with Crippen LogP contribution in [0, 0.1) is 0 Å². The highest BCUT2D eigenvalue weighted by Crippen LogP contribution is 2.44. The van der Waals surface area contributed by atoms with Crippen LogP contribution in [0.4, 0.5) is 4.39 Å². The Kier molecular flexibility index (Phi) is 3.89. The van der Waals surface area contributed by atoms with Gasteiger partial charge in [0.15, 0.2) is 11.9 Å². The largest absolute Gasteiger partial charge is 0.411 e. The van der Waals surface area contributed by atoms with Crippen LogP contribution in [0.5, 0.6) is 0 Å². The van der Waals surface area contributed by atoms with Gasteiger partial charge in [0.25, 0.3) is 0 Å². The molecule has 0 unspecified atom stereocenters. The van der Waals surface area contributed by atoms with Gasteiger partial charge in [-0.3, -0.25) is 9.18 Å². The van der Waals surface area contributed by atoms with E-state index in [-0.39, 0.29) is 6.42 Å². The Morgan fingerprint density at radius 3 is 2.20 bits per heavy atom. The van der Waals surface area contributed by atoms with Crippen molar-refractivity contribution in [3.8, 4) is 0 Å². The van der Waals surface area contributed by atoms with Crippen LogP contribution in [0.2, 0.25) is 0 Å². The summed E-state index contributed by atoms with van der Waals surface area (Å²) in [5, 5.41) is 0. The van der Waals surface area contributed by atoms with Crippen molar-refractivity contribution in [1.29, 1.82) is 0 Å². The maximum absolute atomic E-state index is 11.4. The van der Waals surface area contributed by atoms with Crippen LogP contribution >= 0.6 is 7.94 Å². The Morgan fingerprint density at radius 2 is 1.90 bits per heavy atom. The monoisotopic (exact) mass is 171 g/mol. The van der Waals surface area contributed by atoms with E-state index in [2.05, 4.69) is 0 Å². The van der Waals surface area contributed by atoms with E-state index in [1.165, 1.54) is 0 Å². The quantitative estimate of drug-likeness (QED) is 0.505. The average Bonchev–Trinajstić information content (AvgIpc) is 1.59. The van der Waals surface area contributed by atoms with Crippen molar-refractivity contribution in [2.45, 2.75) is 6.42 Å². The summed E-state index contributed by atoms with van der Waals surface area (Å²) in [6, 6.07) is 0. The summed E-state index contributed by atoms with van der Waals surface area (Å²) in [4.78, 5) is 35.2. The molecular weight excluding hydrogens is 162 g/mol. The lowest BCUT2D eigenvalue weighted by Crippen LogP contribution is -2.09. The maximum Gasteiger partial charge on any atom is 0.411 e. The molecule has 3 N–H and O–H groups in total. The van der Waals surface area contributed by atoms with Gasteiger partial charge in [-0.25, -0.2) is 0 Å². The van der Waals surface area contributed by atoms with E-state index in [9.17, 15) is 9.18 Å². The number of carbonyl (C=O) groups is 1. The highest BCUT2D eigenvalue weighted by atomic mass is 31.2. The van der Waals surface area contributed by atoms with Crippen molar-refractivity contribution in [2.24, 2.45) is 0 Å². The molecule has 0 aromatic rings. The number of alkyl halides is 1. The Balaban J connectivity index is 3.58. The molecule has 10 heavy (non-hydrogen) atoms. The smallest absolute Gasteiger partial charge is 0.295 e. The summed E-state index contributed by atoms with van der Waals surface area (Å²) in [5.41, 5.74) is 0. The van der Waals surface area contributed by atoms with Gasteiger partial charge in [0, 0.05) is 6.42 Å². The van der Waals surface area contributed by atoms with Gasteiger partial charge in [-0.15, -0.1) is 0 Å². The molecule has 0 aliphatic carbocycles. The highest BCUT2D eigenvalue weighted by Gasteiger charge is 2.32. The van der Waals surface area contributed by atoms with Gasteiger partial charge in [0.05, 0.1) is 6.67 Å². The third kappa shape index (κ3) is 6.04. The van der Waals surface area contributed by atoms with Crippen LogP contribution in [-0.4, -0.2) is 33.3 Å². The summed E-state index contributed by atoms with van der Waals surface area (Å²) in [5.74, 6) is -0.677. The minimum Gasteiger partial charge on any atom is -0.295 e. The van der Waals surface area contributed by atoms with Gasteiger partial charge in [0.1, 0.15) is 0 Å². The second kappa shape index (κ2) is 3.93. The summed E-state index contributed by atoms with van der Waals surface area (Å²) in [7, 11) is -4.02. The van der Waals surface area contributed by atoms with Crippen molar-refractivity contribution in [2.75, 3.05) is 12.8 Å². The van der Waals surface area contributed by atoms with Crippen LogP contribution in [0.25, 0.3) is 0 Å². The van der Waals surface area contributed by atoms with Crippen molar-refractivity contribution >= 4 is 13.7 Å². The Hall–Kier alpha value is -0.0900. The molecular formula is C4H9FO4P+. The number of ketones is 1. The van der Waals surface area contributed by atoms with E-state index >= 15 is 0 Å². The van der Waals surface area contributed by atoms with E-state index in [0.29, 0.717) is 0 Å². The van der Waals surface area contributed by atoms with E-state index in [1.54, 1.807) is 0 Å². The lowest BCUT2D eigenvalue weighted by Gasteiger charge is -2.00. The molecule has 0 radical (unpaired) electrons. The summed E-state index contributed by atoms with van der Waals surface area (Å²) >= 11 is 0. The standard InChI is InChI=1S/C4H9FO4P/c5-2-1-4(6)3-10(7,8)9/h7-9H,1-3H2/q+1. The molecule has 0 aromatic carbocycles. The van der Waals surface area contributed by atoms with Crippen LogP contribution < -0.4 is 0 Å². The molecule has 0 aliphatic rings. The fourth-order valence-corrected chi connectivity index (χ4v) is 1.05. The first-order valence-electron chi connectivity index (χ1n) is 2.59. The fourth-order valence-electron chi connectivity index (χ4n) is 0.421. The SMILES string of the molecule is O=C(CCF)C[P+](O)(O)O. The second-order valence-corrected chi connectivity index (χ2v) is 3.53. The Labute approximate surface area is 57.9 Å². The summed E-state index contributed by atoms with van der Waals surface area (Å²) < 4.78 is 11.4. The lowest BCUT2D eigenvalue weighted by atomic mass is 10.3. The predicted molar refractivity (Wildman–Crippen MR) is 34.0 cm³/mol. The predicted octanol–water partition coefficient (Wildman–Crippen LogP) is -0.345. The van der Waals surface area contributed by atoms with Gasteiger partial charge in [-0.1, -0.05) is 0 Å². The van der Waals surface area contributed by atoms with E-state index in [1.807, 2.05) is 0 Å².